The summed E-state index contributed by atoms with van der Waals surface area (Å²) >= 11 is 0. The van der Waals surface area contributed by atoms with Crippen molar-refractivity contribution < 1.29 is 46.0 Å². The molecule has 262 valence electrons. The number of hydrogen-bond donors (Lipinski definition) is 9. The monoisotopic (exact) mass is 696 g/mol. The maximum Gasteiger partial charge on any atom is 0.123 e. The zero-order valence-electron chi connectivity index (χ0n) is 27.9. The first-order valence-corrected chi connectivity index (χ1v) is 16.9. The van der Waals surface area contributed by atoms with Crippen LogP contribution in [0.25, 0.3) is 0 Å². The molecule has 0 saturated carbocycles. The third kappa shape index (κ3) is 5.16. The summed E-state index contributed by atoms with van der Waals surface area (Å²) in [6.07, 6.45) is 0. The predicted molar refractivity (Wildman–Crippen MR) is 193 cm³/mol. The summed E-state index contributed by atoms with van der Waals surface area (Å²) < 4.78 is 0. The van der Waals surface area contributed by atoms with Crippen molar-refractivity contribution in [2.24, 2.45) is 0 Å². The van der Waals surface area contributed by atoms with Crippen LogP contribution in [-0.2, 0) is 0 Å². The van der Waals surface area contributed by atoms with Crippen LogP contribution in [0, 0.1) is 0 Å². The maximum atomic E-state index is 12.1. The summed E-state index contributed by atoms with van der Waals surface area (Å²) in [4.78, 5) is 0. The number of phenolic OH excluding ortho intramolecular Hbond substituents is 9. The van der Waals surface area contributed by atoms with Crippen molar-refractivity contribution in [3.05, 3.63) is 159 Å². The molecule has 0 spiro atoms. The Labute approximate surface area is 298 Å². The summed E-state index contributed by atoms with van der Waals surface area (Å²) in [7, 11) is 0. The lowest BCUT2D eigenvalue weighted by atomic mass is 9.69. The molecule has 6 aromatic carbocycles. The quantitative estimate of drug-likeness (QED) is 0.0859. The summed E-state index contributed by atoms with van der Waals surface area (Å²) in [5.74, 6) is -4.96. The number of benzene rings is 6. The predicted octanol–water partition coefficient (Wildman–Crippen LogP) is 8.13. The van der Waals surface area contributed by atoms with Crippen LogP contribution in [0.1, 0.15) is 92.5 Å². The van der Waals surface area contributed by atoms with Gasteiger partial charge in [-0.15, -0.1) is 0 Å². The number of rotatable bonds is 5. The molecule has 0 saturated heterocycles. The molecule has 9 heteroatoms. The van der Waals surface area contributed by atoms with Gasteiger partial charge in [-0.3, -0.25) is 0 Å². The molecular weight excluding hydrogens is 660 g/mol. The van der Waals surface area contributed by atoms with Crippen LogP contribution in [0.15, 0.2) is 109 Å². The molecule has 0 radical (unpaired) electrons. The molecule has 0 aromatic heterocycles. The van der Waals surface area contributed by atoms with Crippen LogP contribution in [0.5, 0.6) is 51.7 Å². The Bertz CT molecular complexity index is 2310. The van der Waals surface area contributed by atoms with Crippen LogP contribution in [-0.4, -0.2) is 46.0 Å². The van der Waals surface area contributed by atoms with E-state index in [1.54, 1.807) is 78.9 Å². The number of phenols is 9. The molecule has 2 aliphatic rings. The lowest BCUT2D eigenvalue weighted by Crippen LogP contribution is -2.20. The molecule has 0 aliphatic heterocycles. The van der Waals surface area contributed by atoms with Gasteiger partial charge < -0.3 is 46.0 Å². The molecule has 8 rings (SSSR count). The first-order valence-electron chi connectivity index (χ1n) is 16.9. The Balaban J connectivity index is 1.56. The summed E-state index contributed by atoms with van der Waals surface area (Å²) in [5, 5.41) is 99.5. The van der Waals surface area contributed by atoms with Crippen LogP contribution in [0.2, 0.25) is 0 Å². The smallest absolute Gasteiger partial charge is 0.123 e. The fraction of sp³-hybridized carbons (Fsp3) is 0.163. The minimum atomic E-state index is -0.730. The zero-order valence-corrected chi connectivity index (χ0v) is 27.9. The lowest BCUT2D eigenvalue weighted by molar-refractivity contribution is 0.424. The fourth-order valence-corrected chi connectivity index (χ4v) is 9.05. The Morgan fingerprint density at radius 1 is 0.385 bits per heavy atom. The number of fused-ring (bicyclic) bond motifs is 1. The van der Waals surface area contributed by atoms with Gasteiger partial charge in [0, 0.05) is 64.5 Å². The minimum Gasteiger partial charge on any atom is -0.508 e. The topological polar surface area (TPSA) is 182 Å². The van der Waals surface area contributed by atoms with Gasteiger partial charge in [0.1, 0.15) is 51.7 Å². The largest absolute Gasteiger partial charge is 0.508 e. The van der Waals surface area contributed by atoms with Gasteiger partial charge in [0.05, 0.1) is 0 Å². The minimum absolute atomic E-state index is 0.0253. The summed E-state index contributed by atoms with van der Waals surface area (Å²) in [6.45, 7) is 1.95. The molecule has 2 unspecified atom stereocenters. The van der Waals surface area contributed by atoms with Gasteiger partial charge >= 0.3 is 0 Å². The Morgan fingerprint density at radius 2 is 0.865 bits per heavy atom. The SMILES string of the molecule is CC(c1ccc(O)cc1)[C@H]1c2cc(O)cc(O)c2[C@@H](c2ccc(O)cc2)[C@@H]2c3c1c(O)cc(O)c3[C@@H](c1cc(O)cc(O)c1)C2c1ccc(O)cc1. The highest BCUT2D eigenvalue weighted by Gasteiger charge is 2.54. The van der Waals surface area contributed by atoms with E-state index >= 15 is 0 Å². The second-order valence-corrected chi connectivity index (χ2v) is 14.0. The molecule has 0 amide bonds. The average molecular weight is 697 g/mol. The summed E-state index contributed by atoms with van der Waals surface area (Å²) in [5.41, 5.74) is 5.18. The zero-order chi connectivity index (χ0) is 36.6. The molecule has 52 heavy (non-hydrogen) atoms. The number of hydrogen-bond acceptors (Lipinski definition) is 9. The van der Waals surface area contributed by atoms with E-state index in [4.69, 9.17) is 0 Å². The molecule has 0 fully saturated rings. The lowest BCUT2D eigenvalue weighted by Gasteiger charge is -2.34. The highest BCUT2D eigenvalue weighted by atomic mass is 16.3. The van der Waals surface area contributed by atoms with E-state index in [2.05, 4.69) is 0 Å². The van der Waals surface area contributed by atoms with Crippen LogP contribution >= 0.6 is 0 Å². The van der Waals surface area contributed by atoms with Gasteiger partial charge in [-0.2, -0.15) is 0 Å². The highest BCUT2D eigenvalue weighted by molar-refractivity contribution is 5.71. The van der Waals surface area contributed by atoms with Crippen molar-refractivity contribution in [1.82, 2.24) is 0 Å². The molecule has 0 heterocycles. The Hall–Kier alpha value is -6.48. The van der Waals surface area contributed by atoms with E-state index in [1.807, 2.05) is 6.92 Å². The van der Waals surface area contributed by atoms with Gasteiger partial charge in [0.15, 0.2) is 0 Å². The average Bonchev–Trinajstić information content (AvgIpc) is 3.38. The van der Waals surface area contributed by atoms with Crippen molar-refractivity contribution >= 4 is 0 Å². The summed E-state index contributed by atoms with van der Waals surface area (Å²) in [6, 6.07) is 28.4. The van der Waals surface area contributed by atoms with Gasteiger partial charge in [-0.25, -0.2) is 0 Å². The van der Waals surface area contributed by atoms with Gasteiger partial charge in [0.2, 0.25) is 0 Å². The first-order chi connectivity index (χ1) is 24.9. The van der Waals surface area contributed by atoms with Crippen molar-refractivity contribution in [2.45, 2.75) is 42.4 Å². The van der Waals surface area contributed by atoms with Crippen molar-refractivity contribution in [1.29, 1.82) is 0 Å². The third-order valence-electron chi connectivity index (χ3n) is 11.0. The molecule has 2 aliphatic carbocycles. The normalized spacial score (nSPS) is 20.8. The van der Waals surface area contributed by atoms with Crippen molar-refractivity contribution in [3.8, 4) is 51.7 Å². The Kier molecular flexibility index (Phi) is 7.60. The third-order valence-corrected chi connectivity index (χ3v) is 11.0. The molecule has 6 atom stereocenters. The highest BCUT2D eigenvalue weighted by Crippen LogP contribution is 2.69. The molecule has 9 nitrogen and oxygen atoms in total. The molecule has 9 N–H and O–H groups in total. The van der Waals surface area contributed by atoms with E-state index < -0.39 is 35.5 Å². The second-order valence-electron chi connectivity index (χ2n) is 14.0. The maximum absolute atomic E-state index is 12.1. The molecule has 6 aromatic rings. The molecule has 0 bridgehead atoms. The van der Waals surface area contributed by atoms with Crippen molar-refractivity contribution in [2.75, 3.05) is 0 Å². The van der Waals surface area contributed by atoms with Crippen molar-refractivity contribution in [3.63, 3.8) is 0 Å². The van der Waals surface area contributed by atoms with Gasteiger partial charge in [-0.05, 0) is 93.9 Å². The van der Waals surface area contributed by atoms with E-state index in [0.717, 1.165) is 11.1 Å². The van der Waals surface area contributed by atoms with Gasteiger partial charge in [-0.1, -0.05) is 43.3 Å². The fourth-order valence-electron chi connectivity index (χ4n) is 9.05. The molecular formula is C43H36O9. The Morgan fingerprint density at radius 3 is 1.46 bits per heavy atom. The van der Waals surface area contributed by atoms with Crippen LogP contribution in [0.4, 0.5) is 0 Å². The van der Waals surface area contributed by atoms with Gasteiger partial charge in [0.25, 0.3) is 0 Å². The first kappa shape index (κ1) is 32.7. The number of aromatic hydroxyl groups is 9. The van der Waals surface area contributed by atoms with E-state index in [1.165, 1.54) is 30.3 Å². The standard InChI is InChI=1S/C43H36O9/c1-20(21-2-8-25(44)9-3-21)35-31-17-30(49)18-32(50)39(31)37(23-6-12-27(46)13-7-23)42-36(22-4-10-26(45)11-5-22)38(24-14-28(47)16-29(48)15-24)41-34(52)19-33(51)40(35)43(41)42/h2-20,35-38,42,44-52H,1H3/t20?,35-,36?,37+,38-,42+/m0/s1. The second kappa shape index (κ2) is 12.1. The van der Waals surface area contributed by atoms with Crippen LogP contribution < -0.4 is 0 Å². The van der Waals surface area contributed by atoms with E-state index in [9.17, 15) is 46.0 Å². The van der Waals surface area contributed by atoms with E-state index in [0.29, 0.717) is 38.9 Å². The van der Waals surface area contributed by atoms with Crippen LogP contribution in [0.3, 0.4) is 0 Å². The van der Waals surface area contributed by atoms with E-state index in [-0.39, 0.29) is 51.7 Å².